The summed E-state index contributed by atoms with van der Waals surface area (Å²) in [6.07, 6.45) is 46.4. The van der Waals surface area contributed by atoms with E-state index in [0.717, 1.165) is 25.9 Å². The summed E-state index contributed by atoms with van der Waals surface area (Å²) < 4.78 is 2.40. The van der Waals surface area contributed by atoms with E-state index in [4.69, 9.17) is 0 Å². The number of nitrogens with one attached hydrogen (secondary N) is 2. The first kappa shape index (κ1) is 43.0. The van der Waals surface area contributed by atoms with Crippen molar-refractivity contribution in [2.75, 3.05) is 13.1 Å². The molecule has 4 nitrogen and oxygen atoms in total. The maximum Gasteiger partial charge on any atom is 0.246 e. The molecule has 1 amide bonds. The highest BCUT2D eigenvalue weighted by atomic mass is 16.1. The van der Waals surface area contributed by atoms with Gasteiger partial charge in [0.2, 0.25) is 11.7 Å². The molecule has 1 atom stereocenters. The Kier molecular flexibility index (Phi) is 31.6. The summed E-state index contributed by atoms with van der Waals surface area (Å²) in [5, 5.41) is 6.89. The van der Waals surface area contributed by atoms with E-state index in [2.05, 4.69) is 36.0 Å². The van der Waals surface area contributed by atoms with E-state index in [0.29, 0.717) is 6.42 Å². The average Bonchev–Trinajstić information content (AvgIpc) is 3.53. The summed E-state index contributed by atoms with van der Waals surface area (Å²) in [4.78, 5) is 12.6. The van der Waals surface area contributed by atoms with Crippen LogP contribution >= 0.6 is 0 Å². The minimum Gasteiger partial charge on any atom is -0.318 e. The maximum atomic E-state index is 12.6. The van der Waals surface area contributed by atoms with Gasteiger partial charge in [-0.1, -0.05) is 206 Å². The largest absolute Gasteiger partial charge is 0.318 e. The molecule has 1 unspecified atom stereocenters. The fraction of sp³-hybridized carbons (Fsp3) is 0.952. The van der Waals surface area contributed by atoms with Gasteiger partial charge in [0.1, 0.15) is 13.1 Å². The highest BCUT2D eigenvalue weighted by Crippen LogP contribution is 2.16. The van der Waals surface area contributed by atoms with Crippen molar-refractivity contribution in [3.8, 4) is 0 Å². The lowest BCUT2D eigenvalue weighted by Gasteiger charge is -2.15. The van der Waals surface area contributed by atoms with Gasteiger partial charge in [-0.25, -0.2) is 4.58 Å². The zero-order valence-corrected chi connectivity index (χ0v) is 31.9. The van der Waals surface area contributed by atoms with Gasteiger partial charge in [0.25, 0.3) is 0 Å². The molecule has 46 heavy (non-hydrogen) atoms. The van der Waals surface area contributed by atoms with Crippen molar-refractivity contribution in [1.82, 2.24) is 10.6 Å². The molecule has 0 aromatic carbocycles. The predicted molar refractivity (Wildman–Crippen MR) is 204 cm³/mol. The summed E-state index contributed by atoms with van der Waals surface area (Å²) in [7, 11) is 0. The van der Waals surface area contributed by atoms with Crippen LogP contribution in [0, 0.1) is 0 Å². The van der Waals surface area contributed by atoms with Crippen LogP contribution in [0.15, 0.2) is 0 Å². The quantitative estimate of drug-likeness (QED) is 0.0525. The van der Waals surface area contributed by atoms with Crippen molar-refractivity contribution in [1.29, 1.82) is 0 Å². The van der Waals surface area contributed by atoms with Crippen LogP contribution in [-0.4, -0.2) is 35.6 Å². The van der Waals surface area contributed by atoms with E-state index in [-0.39, 0.29) is 12.1 Å². The van der Waals surface area contributed by atoms with Gasteiger partial charge in [0, 0.05) is 12.8 Å². The van der Waals surface area contributed by atoms with E-state index < -0.39 is 0 Å². The second kappa shape index (κ2) is 33.8. The van der Waals surface area contributed by atoms with Gasteiger partial charge in [-0.05, 0) is 19.8 Å². The topological polar surface area (TPSA) is 44.1 Å². The number of rotatable bonds is 36. The third-order valence-corrected chi connectivity index (χ3v) is 10.4. The Morgan fingerprint density at radius 1 is 0.543 bits per heavy atom. The number of unbranched alkanes of at least 4 members (excludes halogenated alkanes) is 30. The zero-order chi connectivity index (χ0) is 33.2. The molecule has 0 fully saturated rings. The zero-order valence-electron chi connectivity index (χ0n) is 31.9. The van der Waals surface area contributed by atoms with Crippen LogP contribution in [0.2, 0.25) is 0 Å². The van der Waals surface area contributed by atoms with Gasteiger partial charge in [-0.3, -0.25) is 10.1 Å². The molecule has 1 rings (SSSR count). The Hall–Kier alpha value is -1.06. The standard InChI is InChI=1S/C42H83N3O/c1-4-6-8-10-12-14-16-18-20-21-23-24-26-28-30-32-34-36-41-43-38-39-45(41)40(3)44-42(46)37-35-33-31-29-27-25-22-19-17-15-13-11-9-7-5-2/h40H,4-39H2,1-3H3,(H,44,46)/p+1. The van der Waals surface area contributed by atoms with Crippen molar-refractivity contribution in [2.24, 2.45) is 0 Å². The SMILES string of the molecule is CCCCCCCCCCCCCCCCCCCC1=[N+](C(C)NC(=O)CCCCCCCCCCCCCCCCC)CCN1. The second-order valence-corrected chi connectivity index (χ2v) is 14.9. The Labute approximate surface area is 289 Å². The summed E-state index contributed by atoms with van der Waals surface area (Å²) in [6.45, 7) is 8.77. The highest BCUT2D eigenvalue weighted by Gasteiger charge is 2.25. The van der Waals surface area contributed by atoms with Gasteiger partial charge in [0.15, 0.2) is 6.17 Å². The first-order valence-corrected chi connectivity index (χ1v) is 21.3. The van der Waals surface area contributed by atoms with Gasteiger partial charge in [-0.2, -0.15) is 0 Å². The molecule has 0 aromatic rings. The number of hydrogen-bond donors (Lipinski definition) is 2. The van der Waals surface area contributed by atoms with Gasteiger partial charge in [-0.15, -0.1) is 0 Å². The summed E-state index contributed by atoms with van der Waals surface area (Å²) in [5.41, 5.74) is 0. The molecule has 0 radical (unpaired) electrons. The molecule has 0 aliphatic carbocycles. The van der Waals surface area contributed by atoms with E-state index in [9.17, 15) is 4.79 Å². The predicted octanol–water partition coefficient (Wildman–Crippen LogP) is 12.8. The molecule has 2 N–H and O–H groups in total. The van der Waals surface area contributed by atoms with Crippen LogP contribution in [0.3, 0.4) is 0 Å². The first-order chi connectivity index (χ1) is 22.7. The van der Waals surface area contributed by atoms with Gasteiger partial charge < -0.3 is 5.32 Å². The molecule has 0 saturated carbocycles. The average molecular weight is 647 g/mol. The number of amidine groups is 1. The van der Waals surface area contributed by atoms with E-state index >= 15 is 0 Å². The van der Waals surface area contributed by atoms with Crippen LogP contribution in [0.5, 0.6) is 0 Å². The van der Waals surface area contributed by atoms with Crippen molar-refractivity contribution in [3.63, 3.8) is 0 Å². The number of nitrogens with zero attached hydrogens (tertiary/aromatic N) is 1. The summed E-state index contributed by atoms with van der Waals surface area (Å²) in [6, 6.07) is 0. The van der Waals surface area contributed by atoms with Crippen LogP contribution in [-0.2, 0) is 4.79 Å². The van der Waals surface area contributed by atoms with Crippen LogP contribution < -0.4 is 10.6 Å². The molecule has 0 bridgehead atoms. The lowest BCUT2D eigenvalue weighted by molar-refractivity contribution is -0.558. The van der Waals surface area contributed by atoms with Crippen molar-refractivity contribution < 1.29 is 9.37 Å². The van der Waals surface area contributed by atoms with Gasteiger partial charge in [0.05, 0.1) is 0 Å². The molecule has 1 aliphatic rings. The van der Waals surface area contributed by atoms with Crippen LogP contribution in [0.25, 0.3) is 0 Å². The van der Waals surface area contributed by atoms with Crippen molar-refractivity contribution in [3.05, 3.63) is 0 Å². The molecule has 0 saturated heterocycles. The molecule has 4 heteroatoms. The summed E-state index contributed by atoms with van der Waals surface area (Å²) in [5.74, 6) is 1.58. The summed E-state index contributed by atoms with van der Waals surface area (Å²) >= 11 is 0. The third kappa shape index (κ3) is 26.9. The van der Waals surface area contributed by atoms with Crippen molar-refractivity contribution in [2.45, 2.75) is 245 Å². The fourth-order valence-corrected chi connectivity index (χ4v) is 7.27. The number of hydrogen-bond acceptors (Lipinski definition) is 2. The molecule has 1 aliphatic heterocycles. The maximum absolute atomic E-state index is 12.6. The van der Waals surface area contributed by atoms with E-state index in [1.807, 2.05) is 0 Å². The van der Waals surface area contributed by atoms with Crippen LogP contribution in [0.1, 0.15) is 239 Å². The van der Waals surface area contributed by atoms with Gasteiger partial charge >= 0.3 is 0 Å². The Bertz CT molecular complexity index is 690. The number of amides is 1. The van der Waals surface area contributed by atoms with E-state index in [1.54, 1.807) is 0 Å². The molecule has 1 heterocycles. The highest BCUT2D eigenvalue weighted by molar-refractivity contribution is 5.79. The second-order valence-electron chi connectivity index (χ2n) is 14.9. The smallest absolute Gasteiger partial charge is 0.246 e. The Morgan fingerprint density at radius 2 is 0.870 bits per heavy atom. The third-order valence-electron chi connectivity index (χ3n) is 10.4. The Morgan fingerprint density at radius 3 is 1.24 bits per heavy atom. The van der Waals surface area contributed by atoms with Crippen LogP contribution in [0.4, 0.5) is 0 Å². The normalized spacial score (nSPS) is 13.8. The molecule has 0 aromatic heterocycles. The molecule has 272 valence electrons. The lowest BCUT2D eigenvalue weighted by Crippen LogP contribution is -2.42. The van der Waals surface area contributed by atoms with Crippen molar-refractivity contribution >= 4 is 11.7 Å². The molecule has 0 spiro atoms. The fourth-order valence-electron chi connectivity index (χ4n) is 7.27. The minimum atomic E-state index is 0.0969. The van der Waals surface area contributed by atoms with E-state index in [1.165, 1.54) is 205 Å². The molecular weight excluding hydrogens is 562 g/mol. The monoisotopic (exact) mass is 647 g/mol. The number of carbonyl (C=O) groups is 1. The minimum absolute atomic E-state index is 0.0969. The molecular formula is C42H84N3O+. The number of carbonyl (C=O) groups excluding carboxylic acids is 1. The Balaban J connectivity index is 1.93. The first-order valence-electron chi connectivity index (χ1n) is 21.3. The lowest BCUT2D eigenvalue weighted by atomic mass is 10.0.